The van der Waals surface area contributed by atoms with Gasteiger partial charge < -0.3 is 30.0 Å². The van der Waals surface area contributed by atoms with Crippen LogP contribution in [0.2, 0.25) is 0 Å². The Hall–Kier alpha value is 0.190. The molecule has 0 amide bonds. The average molecular weight is 328 g/mol. The van der Waals surface area contributed by atoms with E-state index < -0.39 is 8.60 Å². The third-order valence-corrected chi connectivity index (χ3v) is 3.29. The van der Waals surface area contributed by atoms with E-state index in [4.69, 9.17) is 30.0 Å². The van der Waals surface area contributed by atoms with E-state index in [0.29, 0.717) is 6.61 Å². The second kappa shape index (κ2) is 20.2. The van der Waals surface area contributed by atoms with Crippen molar-refractivity contribution in [3.05, 3.63) is 0 Å². The van der Waals surface area contributed by atoms with Crippen molar-refractivity contribution in [1.29, 1.82) is 0 Å². The van der Waals surface area contributed by atoms with Crippen molar-refractivity contribution in [3.63, 3.8) is 0 Å². The van der Waals surface area contributed by atoms with Crippen LogP contribution in [0.3, 0.4) is 0 Å². The lowest BCUT2D eigenvalue weighted by Crippen LogP contribution is -2.10. The van der Waals surface area contributed by atoms with E-state index in [1.165, 1.54) is 38.5 Å². The summed E-state index contributed by atoms with van der Waals surface area (Å²) in [5, 5.41) is 26.4. The second-order valence-electron chi connectivity index (χ2n) is 5.19. The molecular weight excluding hydrogens is 295 g/mol. The molecule has 0 rings (SSSR count). The predicted octanol–water partition coefficient (Wildman–Crippen LogP) is 1.67. The van der Waals surface area contributed by atoms with Gasteiger partial charge in [0.2, 0.25) is 0 Å². The number of aliphatic hydroxyl groups excluding tert-OH is 3. The van der Waals surface area contributed by atoms with Crippen molar-refractivity contribution in [1.82, 2.24) is 0 Å². The number of rotatable bonds is 13. The molecule has 0 unspecified atom stereocenters. The van der Waals surface area contributed by atoms with Crippen LogP contribution >= 0.6 is 8.60 Å². The van der Waals surface area contributed by atoms with Gasteiger partial charge in [0.15, 0.2) is 0 Å². The van der Waals surface area contributed by atoms with Gasteiger partial charge in [0, 0.05) is 25.7 Å². The highest BCUT2D eigenvalue weighted by molar-refractivity contribution is 7.38. The second-order valence-corrected chi connectivity index (χ2v) is 5.73. The minimum absolute atomic E-state index is 0.0912. The highest BCUT2D eigenvalue weighted by atomic mass is 31.2. The molecule has 0 aliphatic carbocycles. The lowest BCUT2D eigenvalue weighted by atomic mass is 10.0. The van der Waals surface area contributed by atoms with Crippen molar-refractivity contribution in [3.8, 4) is 0 Å². The van der Waals surface area contributed by atoms with Crippen molar-refractivity contribution in [2.45, 2.75) is 64.2 Å². The molecule has 0 fully saturated rings. The third kappa shape index (κ3) is 25.5. The largest absolute Gasteiger partial charge is 0.396 e. The van der Waals surface area contributed by atoms with E-state index in [1.807, 2.05) is 0 Å². The molecule has 0 aliphatic heterocycles. The summed E-state index contributed by atoms with van der Waals surface area (Å²) < 4.78 is 0. The van der Waals surface area contributed by atoms with Crippen molar-refractivity contribution < 1.29 is 30.0 Å². The molecule has 0 aliphatic rings. The summed E-state index contributed by atoms with van der Waals surface area (Å²) in [7, 11) is -2.62. The molecular formula is C14H33O6P. The van der Waals surface area contributed by atoms with Gasteiger partial charge in [-0.1, -0.05) is 51.4 Å². The lowest BCUT2D eigenvalue weighted by Gasteiger charge is -2.09. The van der Waals surface area contributed by atoms with Gasteiger partial charge in [-0.3, -0.25) is 0 Å². The smallest absolute Gasteiger partial charge is 0.324 e. The molecule has 0 saturated heterocycles. The fraction of sp³-hybridized carbons (Fsp3) is 1.00. The minimum atomic E-state index is -2.62. The summed E-state index contributed by atoms with van der Waals surface area (Å²) in [5.41, 5.74) is 0. The standard InChI is InChI=1S/C14H30O3.H3O3P/c15-11-9-7-5-3-1-2-4-6-8-10-14(12-16)13-17;1-4(2)3/h14-17H,1-13H2;1-3H. The fourth-order valence-corrected chi connectivity index (χ4v) is 2.02. The van der Waals surface area contributed by atoms with E-state index >= 15 is 0 Å². The maximum absolute atomic E-state index is 8.89. The van der Waals surface area contributed by atoms with Crippen LogP contribution in [0.4, 0.5) is 0 Å². The van der Waals surface area contributed by atoms with E-state index in [2.05, 4.69) is 0 Å². The molecule has 6 nitrogen and oxygen atoms in total. The lowest BCUT2D eigenvalue weighted by molar-refractivity contribution is 0.141. The van der Waals surface area contributed by atoms with E-state index in [0.717, 1.165) is 25.7 Å². The van der Waals surface area contributed by atoms with Gasteiger partial charge in [-0.15, -0.1) is 0 Å². The maximum Gasteiger partial charge on any atom is 0.324 e. The highest BCUT2D eigenvalue weighted by Gasteiger charge is 2.04. The molecule has 7 heteroatoms. The summed E-state index contributed by atoms with van der Waals surface area (Å²) in [6.07, 6.45) is 11.8. The molecule has 21 heavy (non-hydrogen) atoms. The Kier molecular flexibility index (Phi) is 22.6. The van der Waals surface area contributed by atoms with Gasteiger partial charge in [-0.25, -0.2) is 0 Å². The van der Waals surface area contributed by atoms with Crippen LogP contribution in [0.15, 0.2) is 0 Å². The Morgan fingerprint density at radius 3 is 1.24 bits per heavy atom. The van der Waals surface area contributed by atoms with E-state index in [9.17, 15) is 0 Å². The van der Waals surface area contributed by atoms with E-state index in [1.54, 1.807) is 0 Å². The van der Waals surface area contributed by atoms with Crippen LogP contribution in [-0.4, -0.2) is 49.8 Å². The first-order valence-electron chi connectivity index (χ1n) is 7.77. The van der Waals surface area contributed by atoms with Gasteiger partial charge >= 0.3 is 8.60 Å². The molecule has 0 heterocycles. The highest BCUT2D eigenvalue weighted by Crippen LogP contribution is 2.13. The van der Waals surface area contributed by atoms with Crippen LogP contribution in [0, 0.1) is 5.92 Å². The quantitative estimate of drug-likeness (QED) is 0.226. The molecule has 0 atom stereocenters. The number of unbranched alkanes of at least 4 members (excludes halogenated alkanes) is 8. The Bertz CT molecular complexity index is 176. The molecule has 130 valence electrons. The number of hydrogen-bond donors (Lipinski definition) is 6. The van der Waals surface area contributed by atoms with Crippen LogP contribution in [0.1, 0.15) is 64.2 Å². The van der Waals surface area contributed by atoms with Crippen molar-refractivity contribution >= 4 is 8.60 Å². The topological polar surface area (TPSA) is 121 Å². The summed E-state index contributed by atoms with van der Waals surface area (Å²) in [6, 6.07) is 0. The Balaban J connectivity index is 0. The van der Waals surface area contributed by atoms with Crippen LogP contribution in [0.25, 0.3) is 0 Å². The zero-order chi connectivity index (χ0) is 16.3. The number of aliphatic hydroxyl groups is 3. The zero-order valence-corrected chi connectivity index (χ0v) is 13.8. The average Bonchev–Trinajstić information content (AvgIpc) is 2.44. The summed E-state index contributed by atoms with van der Waals surface area (Å²) in [5.74, 6) is 0.0912. The summed E-state index contributed by atoms with van der Waals surface area (Å²) >= 11 is 0. The van der Waals surface area contributed by atoms with Crippen LogP contribution < -0.4 is 0 Å². The Labute approximate surface area is 129 Å². The summed E-state index contributed by atoms with van der Waals surface area (Å²) in [4.78, 5) is 21.7. The molecule has 0 aromatic rings. The molecule has 0 spiro atoms. The first-order valence-corrected chi connectivity index (χ1v) is 8.97. The Morgan fingerprint density at radius 2 is 0.905 bits per heavy atom. The molecule has 0 aromatic heterocycles. The summed E-state index contributed by atoms with van der Waals surface area (Å²) in [6.45, 7) is 0.555. The molecule has 0 radical (unpaired) electrons. The minimum Gasteiger partial charge on any atom is -0.396 e. The SMILES string of the molecule is OCCCCCCCCCCCC(CO)CO.OP(O)O. The van der Waals surface area contributed by atoms with Gasteiger partial charge in [-0.2, -0.15) is 0 Å². The van der Waals surface area contributed by atoms with Crippen LogP contribution in [-0.2, 0) is 0 Å². The predicted molar refractivity (Wildman–Crippen MR) is 84.5 cm³/mol. The molecule has 0 aromatic carbocycles. The Morgan fingerprint density at radius 1 is 0.571 bits per heavy atom. The first kappa shape index (κ1) is 23.5. The van der Waals surface area contributed by atoms with Gasteiger partial charge in [0.1, 0.15) is 0 Å². The first-order chi connectivity index (χ1) is 10.1. The molecule has 0 bridgehead atoms. The zero-order valence-electron chi connectivity index (χ0n) is 12.9. The molecule has 0 saturated carbocycles. The van der Waals surface area contributed by atoms with Gasteiger partial charge in [0.25, 0.3) is 0 Å². The van der Waals surface area contributed by atoms with Crippen LogP contribution in [0.5, 0.6) is 0 Å². The fourth-order valence-electron chi connectivity index (χ4n) is 2.02. The van der Waals surface area contributed by atoms with Gasteiger partial charge in [-0.05, 0) is 12.8 Å². The third-order valence-electron chi connectivity index (χ3n) is 3.29. The van der Waals surface area contributed by atoms with E-state index in [-0.39, 0.29) is 19.1 Å². The van der Waals surface area contributed by atoms with Crippen molar-refractivity contribution in [2.75, 3.05) is 19.8 Å². The van der Waals surface area contributed by atoms with Gasteiger partial charge in [0.05, 0.1) is 0 Å². The maximum atomic E-state index is 8.89. The number of hydrogen-bond acceptors (Lipinski definition) is 6. The monoisotopic (exact) mass is 328 g/mol. The molecule has 6 N–H and O–H groups in total. The van der Waals surface area contributed by atoms with Crippen molar-refractivity contribution in [2.24, 2.45) is 5.92 Å². The normalized spacial score (nSPS) is 10.9.